The van der Waals surface area contributed by atoms with Crippen molar-refractivity contribution in [3.63, 3.8) is 0 Å². The van der Waals surface area contributed by atoms with Crippen LogP contribution in [-0.4, -0.2) is 19.2 Å². The number of ether oxygens (including phenoxy) is 2. The maximum absolute atomic E-state index is 5.26. The predicted octanol–water partition coefficient (Wildman–Crippen LogP) is 2.14. The lowest BCUT2D eigenvalue weighted by molar-refractivity contribution is 0.390. The molecule has 1 aromatic rings. The molecule has 0 bridgehead atoms. The summed E-state index contributed by atoms with van der Waals surface area (Å²) in [6, 6.07) is 5.72. The van der Waals surface area contributed by atoms with Gasteiger partial charge in [-0.15, -0.1) is 0 Å². The van der Waals surface area contributed by atoms with E-state index in [4.69, 9.17) is 21.7 Å². The van der Waals surface area contributed by atoms with E-state index in [-0.39, 0.29) is 0 Å². The van der Waals surface area contributed by atoms with Crippen LogP contribution in [0.4, 0.5) is 0 Å². The maximum Gasteiger partial charge on any atom is 0.127 e. The molecule has 0 heterocycles. The fourth-order valence-electron chi connectivity index (χ4n) is 1.22. The third-order valence-electron chi connectivity index (χ3n) is 2.02. The van der Waals surface area contributed by atoms with Crippen molar-refractivity contribution in [2.45, 2.75) is 13.5 Å². The number of benzene rings is 1. The molecule has 0 spiro atoms. The summed E-state index contributed by atoms with van der Waals surface area (Å²) in [5.41, 5.74) is 1.06. The molecular formula is C11H15NO2S. The number of hydrogen-bond acceptors (Lipinski definition) is 3. The van der Waals surface area contributed by atoms with Gasteiger partial charge in [-0.1, -0.05) is 12.2 Å². The van der Waals surface area contributed by atoms with Crippen LogP contribution in [0.2, 0.25) is 0 Å². The Bertz CT molecular complexity index is 352. The van der Waals surface area contributed by atoms with Crippen LogP contribution in [-0.2, 0) is 6.54 Å². The molecule has 0 amide bonds. The molecule has 0 saturated carbocycles. The van der Waals surface area contributed by atoms with Crippen molar-refractivity contribution in [3.05, 3.63) is 23.8 Å². The van der Waals surface area contributed by atoms with E-state index in [0.29, 0.717) is 6.54 Å². The molecule has 0 aromatic heterocycles. The van der Waals surface area contributed by atoms with E-state index in [1.807, 2.05) is 25.1 Å². The molecular weight excluding hydrogens is 210 g/mol. The fraction of sp³-hybridized carbons (Fsp3) is 0.364. The predicted molar refractivity (Wildman–Crippen MR) is 64.7 cm³/mol. The monoisotopic (exact) mass is 225 g/mol. The summed E-state index contributed by atoms with van der Waals surface area (Å²) in [5.74, 6) is 1.59. The Morgan fingerprint density at radius 2 is 2.07 bits per heavy atom. The van der Waals surface area contributed by atoms with Crippen molar-refractivity contribution in [3.8, 4) is 11.5 Å². The van der Waals surface area contributed by atoms with Crippen LogP contribution in [0.25, 0.3) is 0 Å². The van der Waals surface area contributed by atoms with E-state index in [1.165, 1.54) is 0 Å². The van der Waals surface area contributed by atoms with Crippen LogP contribution in [0, 0.1) is 0 Å². The highest BCUT2D eigenvalue weighted by Crippen LogP contribution is 2.24. The molecule has 0 saturated heterocycles. The second-order valence-electron chi connectivity index (χ2n) is 3.09. The molecule has 0 aliphatic heterocycles. The van der Waals surface area contributed by atoms with Crippen LogP contribution in [0.3, 0.4) is 0 Å². The van der Waals surface area contributed by atoms with Crippen LogP contribution in [0.5, 0.6) is 11.5 Å². The minimum Gasteiger partial charge on any atom is -0.497 e. The van der Waals surface area contributed by atoms with Gasteiger partial charge in [-0.3, -0.25) is 0 Å². The molecule has 15 heavy (non-hydrogen) atoms. The van der Waals surface area contributed by atoms with Crippen LogP contribution in [0.1, 0.15) is 12.5 Å². The van der Waals surface area contributed by atoms with Crippen molar-refractivity contribution in [1.82, 2.24) is 5.32 Å². The fourth-order valence-corrected chi connectivity index (χ4v) is 1.29. The average Bonchev–Trinajstić information content (AvgIpc) is 2.25. The van der Waals surface area contributed by atoms with E-state index in [2.05, 4.69) is 5.32 Å². The third-order valence-corrected chi connectivity index (χ3v) is 2.17. The Kier molecular flexibility index (Phi) is 4.37. The van der Waals surface area contributed by atoms with Gasteiger partial charge in [-0.2, -0.15) is 0 Å². The van der Waals surface area contributed by atoms with Crippen LogP contribution < -0.4 is 14.8 Å². The maximum atomic E-state index is 5.26. The zero-order valence-corrected chi connectivity index (χ0v) is 9.98. The summed E-state index contributed by atoms with van der Waals surface area (Å²) in [4.78, 5) is 0.771. The minimum atomic E-state index is 0.669. The highest BCUT2D eigenvalue weighted by Gasteiger charge is 2.04. The summed E-state index contributed by atoms with van der Waals surface area (Å²) in [7, 11) is 3.27. The topological polar surface area (TPSA) is 30.5 Å². The number of thiocarbonyl (C=S) groups is 1. The van der Waals surface area contributed by atoms with E-state index in [0.717, 1.165) is 22.1 Å². The minimum absolute atomic E-state index is 0.669. The van der Waals surface area contributed by atoms with E-state index in [9.17, 15) is 0 Å². The summed E-state index contributed by atoms with van der Waals surface area (Å²) in [6.45, 7) is 2.52. The number of rotatable bonds is 4. The molecule has 0 fully saturated rings. The molecule has 1 N–H and O–H groups in total. The Labute approximate surface area is 95.4 Å². The highest BCUT2D eigenvalue weighted by molar-refractivity contribution is 7.80. The SMILES string of the molecule is COc1ccc(CNC(C)=S)c(OC)c1. The van der Waals surface area contributed by atoms with Crippen molar-refractivity contribution in [2.24, 2.45) is 0 Å². The standard InChI is InChI=1S/C11H15NO2S/c1-8(15)12-7-9-4-5-10(13-2)6-11(9)14-3/h4-6H,7H2,1-3H3,(H,12,15). The number of nitrogens with one attached hydrogen (secondary N) is 1. The molecule has 0 aliphatic rings. The van der Waals surface area contributed by atoms with Gasteiger partial charge in [0, 0.05) is 18.2 Å². The molecule has 1 rings (SSSR count). The second-order valence-corrected chi connectivity index (χ2v) is 3.70. The zero-order chi connectivity index (χ0) is 11.3. The molecule has 3 nitrogen and oxygen atoms in total. The molecule has 0 radical (unpaired) electrons. The first-order valence-corrected chi connectivity index (χ1v) is 5.03. The normalized spacial score (nSPS) is 9.53. The first-order valence-electron chi connectivity index (χ1n) is 4.62. The Morgan fingerprint density at radius 1 is 1.33 bits per heavy atom. The lowest BCUT2D eigenvalue weighted by Crippen LogP contribution is -2.17. The van der Waals surface area contributed by atoms with Crippen molar-refractivity contribution < 1.29 is 9.47 Å². The number of hydrogen-bond donors (Lipinski definition) is 1. The van der Waals surface area contributed by atoms with Gasteiger partial charge in [-0.05, 0) is 19.1 Å². The van der Waals surface area contributed by atoms with Gasteiger partial charge in [0.05, 0.1) is 19.2 Å². The van der Waals surface area contributed by atoms with E-state index >= 15 is 0 Å². The summed E-state index contributed by atoms with van der Waals surface area (Å²) >= 11 is 4.95. The van der Waals surface area contributed by atoms with Gasteiger partial charge >= 0.3 is 0 Å². The first-order chi connectivity index (χ1) is 7.17. The van der Waals surface area contributed by atoms with Crippen LogP contribution in [0.15, 0.2) is 18.2 Å². The molecule has 1 aromatic carbocycles. The van der Waals surface area contributed by atoms with Gasteiger partial charge in [0.2, 0.25) is 0 Å². The lowest BCUT2D eigenvalue weighted by atomic mass is 10.2. The van der Waals surface area contributed by atoms with E-state index < -0.39 is 0 Å². The van der Waals surface area contributed by atoms with Gasteiger partial charge < -0.3 is 14.8 Å². The molecule has 0 aliphatic carbocycles. The molecule has 4 heteroatoms. The summed E-state index contributed by atoms with van der Waals surface area (Å²) in [5, 5.41) is 3.08. The van der Waals surface area contributed by atoms with Gasteiger partial charge in [0.1, 0.15) is 11.5 Å². The van der Waals surface area contributed by atoms with Crippen LogP contribution >= 0.6 is 12.2 Å². The Morgan fingerprint density at radius 3 is 2.60 bits per heavy atom. The average molecular weight is 225 g/mol. The quantitative estimate of drug-likeness (QED) is 0.795. The van der Waals surface area contributed by atoms with Gasteiger partial charge in [0.25, 0.3) is 0 Å². The molecule has 82 valence electrons. The summed E-state index contributed by atoms with van der Waals surface area (Å²) < 4.78 is 10.4. The molecule has 0 atom stereocenters. The lowest BCUT2D eigenvalue weighted by Gasteiger charge is -2.11. The van der Waals surface area contributed by atoms with Gasteiger partial charge in [-0.25, -0.2) is 0 Å². The van der Waals surface area contributed by atoms with Crippen molar-refractivity contribution >= 4 is 17.2 Å². The summed E-state index contributed by atoms with van der Waals surface area (Å²) in [6.07, 6.45) is 0. The van der Waals surface area contributed by atoms with Crippen molar-refractivity contribution in [1.29, 1.82) is 0 Å². The van der Waals surface area contributed by atoms with Gasteiger partial charge in [0.15, 0.2) is 0 Å². The molecule has 0 unspecified atom stereocenters. The number of methoxy groups -OCH3 is 2. The third kappa shape index (κ3) is 3.40. The second kappa shape index (κ2) is 5.56. The smallest absolute Gasteiger partial charge is 0.127 e. The Hall–Kier alpha value is -1.29. The van der Waals surface area contributed by atoms with Crippen molar-refractivity contribution in [2.75, 3.05) is 14.2 Å². The first kappa shape index (κ1) is 11.8. The highest BCUT2D eigenvalue weighted by atomic mass is 32.1. The zero-order valence-electron chi connectivity index (χ0n) is 9.16. The van der Waals surface area contributed by atoms with E-state index in [1.54, 1.807) is 14.2 Å². The largest absolute Gasteiger partial charge is 0.497 e. The Balaban J connectivity index is 2.82.